The summed E-state index contributed by atoms with van der Waals surface area (Å²) >= 11 is 0. The third-order valence-corrected chi connectivity index (χ3v) is 8.14. The van der Waals surface area contributed by atoms with Crippen LogP contribution in [-0.2, 0) is 16.3 Å². The molecule has 0 bridgehead atoms. The number of carbonyl (C=O) groups excluding carboxylic acids is 3. The van der Waals surface area contributed by atoms with Crippen molar-refractivity contribution in [1.29, 1.82) is 0 Å². The molecule has 1 heterocycles. The van der Waals surface area contributed by atoms with Crippen molar-refractivity contribution < 1.29 is 57.7 Å². The number of nitrogen functional groups attached to an aromatic ring is 1. The number of aliphatic hydroxyl groups excluding tert-OH is 1. The van der Waals surface area contributed by atoms with E-state index in [2.05, 4.69) is 9.94 Å². The van der Waals surface area contributed by atoms with Gasteiger partial charge in [0.05, 0.1) is 58.6 Å². The lowest BCUT2D eigenvalue weighted by molar-refractivity contribution is -0.385. The molecule has 0 saturated heterocycles. The van der Waals surface area contributed by atoms with Crippen molar-refractivity contribution in [2.75, 3.05) is 34.0 Å². The van der Waals surface area contributed by atoms with Crippen molar-refractivity contribution in [3.05, 3.63) is 169 Å². The van der Waals surface area contributed by atoms with E-state index in [9.17, 15) is 48.2 Å². The van der Waals surface area contributed by atoms with E-state index in [1.807, 2.05) is 12.3 Å². The van der Waals surface area contributed by atoms with E-state index >= 15 is 0 Å². The highest BCUT2D eigenvalue weighted by Gasteiger charge is 2.20. The van der Waals surface area contributed by atoms with Gasteiger partial charge in [0.25, 0.3) is 23.2 Å². The Kier molecular flexibility index (Phi) is 17.3. The molecule has 0 aliphatic rings. The summed E-state index contributed by atoms with van der Waals surface area (Å²) in [5, 5.41) is 45.9. The summed E-state index contributed by atoms with van der Waals surface area (Å²) < 4.78 is 26.7. The Bertz CT molecular complexity index is 2500. The number of carboxylic acid groups (broad SMARTS) is 1. The molecule has 0 unspecified atom stereocenters. The minimum Gasteiger partial charge on any atom is -0.478 e. The molecular weight excluding hydrogens is 808 g/mol. The summed E-state index contributed by atoms with van der Waals surface area (Å²) in [5.74, 6) is -2.57. The van der Waals surface area contributed by atoms with E-state index in [0.717, 1.165) is 33.3 Å². The van der Waals surface area contributed by atoms with Gasteiger partial charge in [-0.2, -0.15) is 5.10 Å². The van der Waals surface area contributed by atoms with Crippen molar-refractivity contribution in [2.24, 2.45) is 0 Å². The van der Waals surface area contributed by atoms with Crippen molar-refractivity contribution >= 4 is 52.0 Å². The predicted octanol–water partition coefficient (Wildman–Crippen LogP) is 6.03. The molecule has 0 aliphatic heterocycles. The van der Waals surface area contributed by atoms with Gasteiger partial charge in [-0.3, -0.25) is 44.3 Å². The number of carboxylic acids is 1. The van der Waals surface area contributed by atoms with Crippen LogP contribution >= 0.6 is 0 Å². The zero-order valence-corrected chi connectivity index (χ0v) is 32.7. The van der Waals surface area contributed by atoms with Crippen LogP contribution in [0, 0.1) is 31.9 Å². The number of hydroxylamine groups is 4. The van der Waals surface area contributed by atoms with E-state index < -0.39 is 34.0 Å². The van der Waals surface area contributed by atoms with Gasteiger partial charge >= 0.3 is 5.97 Å². The number of amides is 2. The van der Waals surface area contributed by atoms with Crippen LogP contribution in [0.5, 0.6) is 0 Å². The number of aldehydes is 1. The Morgan fingerprint density at radius 2 is 1.26 bits per heavy atom. The number of anilines is 1. The summed E-state index contributed by atoms with van der Waals surface area (Å²) in [4.78, 5) is 74.0. The predicted molar refractivity (Wildman–Crippen MR) is 215 cm³/mol. The molecule has 61 heavy (non-hydrogen) atoms. The first-order valence-corrected chi connectivity index (χ1v) is 17.2. The number of nitrogens with two attached hydrogens (primary N) is 1. The molecule has 6 rings (SSSR count). The van der Waals surface area contributed by atoms with Crippen molar-refractivity contribution in [1.82, 2.24) is 19.9 Å². The number of hydrogen-bond donors (Lipinski definition) is 3. The Labute approximate surface area is 344 Å². The Morgan fingerprint density at radius 3 is 1.74 bits per heavy atom. The molecule has 4 N–H and O–H groups in total. The molecule has 0 spiro atoms. The number of aromatic nitrogens is 2. The second-order valence-electron chi connectivity index (χ2n) is 12.1. The van der Waals surface area contributed by atoms with Crippen molar-refractivity contribution in [3.8, 4) is 5.69 Å². The smallest absolute Gasteiger partial charge is 0.335 e. The van der Waals surface area contributed by atoms with E-state index in [-0.39, 0.29) is 45.5 Å². The van der Waals surface area contributed by atoms with E-state index in [1.165, 1.54) is 81.9 Å². The molecular formula is C40H37F2N7O12. The van der Waals surface area contributed by atoms with E-state index in [1.54, 1.807) is 36.0 Å². The third-order valence-electron chi connectivity index (χ3n) is 8.14. The maximum Gasteiger partial charge on any atom is 0.335 e. The van der Waals surface area contributed by atoms with Gasteiger partial charge in [0.2, 0.25) is 0 Å². The number of nitrogens with zero attached hydrogens (tertiary/aromatic N) is 6. The highest BCUT2D eigenvalue weighted by atomic mass is 19.1. The molecule has 2 amide bonds. The highest BCUT2D eigenvalue weighted by Crippen LogP contribution is 2.22. The molecule has 0 saturated carbocycles. The van der Waals surface area contributed by atoms with Crippen molar-refractivity contribution in [3.63, 3.8) is 0 Å². The summed E-state index contributed by atoms with van der Waals surface area (Å²) in [6.45, 7) is -0.490. The average molecular weight is 846 g/mol. The Hall–Kier alpha value is -8.01. The first kappa shape index (κ1) is 47.4. The van der Waals surface area contributed by atoms with Crippen LogP contribution in [0.1, 0.15) is 47.0 Å². The quantitative estimate of drug-likeness (QED) is 0.0615. The number of carbonyl (C=O) groups is 4. The third kappa shape index (κ3) is 13.3. The lowest BCUT2D eigenvalue weighted by atomic mass is 10.1. The number of nitro benzene ring substituents is 2. The van der Waals surface area contributed by atoms with Gasteiger partial charge in [0.1, 0.15) is 11.6 Å². The number of hydrogen-bond acceptors (Lipinski definition) is 13. The molecule has 19 nitrogen and oxygen atoms in total. The van der Waals surface area contributed by atoms with Crippen LogP contribution in [-0.4, -0.2) is 92.4 Å². The second kappa shape index (κ2) is 22.2. The number of aromatic carboxylic acids is 1. The summed E-state index contributed by atoms with van der Waals surface area (Å²) in [6.07, 6.45) is 2.20. The van der Waals surface area contributed by atoms with Crippen LogP contribution in [0.25, 0.3) is 16.6 Å². The standard InChI is InChI=1S/C16H14FN3O2.C10H10N2O5.C8H7NO5.C6H6FN/c1-19(22-2)16(21)11-3-4-12-10-20(18-15(12)9-11)14-7-5-13(17)6-8-14;1-11(17-2)10(14)7-3-4-8(6-13)9(5-7)12(15)16;10-4-6-2-1-5(8(11)12)3-7(6)9(13)14;7-5-1-3-6(8)4-2-5/h3-10H,1-2H3;3-6H,1-2H3;1-3,10H,4H2,(H,11,12);1-4H,8H2. The maximum atomic E-state index is 13.0. The molecule has 1 aromatic heterocycles. The molecule has 0 radical (unpaired) electrons. The maximum absolute atomic E-state index is 13.0. The van der Waals surface area contributed by atoms with E-state index in [4.69, 9.17) is 20.8 Å². The SMILES string of the molecule is CON(C)C(=O)c1ccc(C=O)c([N+](=O)[O-])c1.CON(C)C(=O)c1ccc2cn(-c3ccc(F)cc3)nc2c1.Nc1ccc(F)cc1.O=C(O)c1ccc(CO)c([N+](=O)[O-])c1. The molecule has 0 atom stereocenters. The topological polar surface area (TPSA) is 264 Å². The Morgan fingerprint density at radius 1 is 0.770 bits per heavy atom. The molecule has 21 heteroatoms. The monoisotopic (exact) mass is 845 g/mol. The molecule has 318 valence electrons. The summed E-state index contributed by atoms with van der Waals surface area (Å²) in [7, 11) is 5.65. The molecule has 6 aromatic rings. The van der Waals surface area contributed by atoms with Gasteiger partial charge < -0.3 is 15.9 Å². The van der Waals surface area contributed by atoms with Crippen LogP contribution in [0.3, 0.4) is 0 Å². The van der Waals surface area contributed by atoms with Crippen LogP contribution in [0.2, 0.25) is 0 Å². The fourth-order valence-electron chi connectivity index (χ4n) is 4.80. The van der Waals surface area contributed by atoms with Gasteiger partial charge in [0, 0.05) is 54.6 Å². The van der Waals surface area contributed by atoms with Gasteiger partial charge in [-0.25, -0.2) is 28.4 Å². The van der Waals surface area contributed by atoms with Gasteiger partial charge in [-0.05, 0) is 84.9 Å². The summed E-state index contributed by atoms with van der Waals surface area (Å²) in [6, 6.07) is 23.9. The van der Waals surface area contributed by atoms with Gasteiger partial charge in [-0.1, -0.05) is 6.07 Å². The zero-order valence-electron chi connectivity index (χ0n) is 32.7. The minimum absolute atomic E-state index is 0.0756. The van der Waals surface area contributed by atoms with E-state index in [0.29, 0.717) is 23.1 Å². The lowest BCUT2D eigenvalue weighted by Crippen LogP contribution is -2.25. The van der Waals surface area contributed by atoms with Crippen LogP contribution in [0.15, 0.2) is 109 Å². The van der Waals surface area contributed by atoms with Crippen molar-refractivity contribution in [2.45, 2.75) is 6.61 Å². The van der Waals surface area contributed by atoms with Crippen LogP contribution in [0.4, 0.5) is 25.8 Å². The minimum atomic E-state index is -1.24. The number of nitro groups is 2. The van der Waals surface area contributed by atoms with Gasteiger partial charge in [-0.15, -0.1) is 0 Å². The zero-order chi connectivity index (χ0) is 45.4. The summed E-state index contributed by atoms with van der Waals surface area (Å²) in [5.41, 5.74) is 6.90. The van der Waals surface area contributed by atoms with Crippen LogP contribution < -0.4 is 5.73 Å². The number of aliphatic hydroxyl groups is 1. The first-order chi connectivity index (χ1) is 28.9. The fourth-order valence-corrected chi connectivity index (χ4v) is 4.80. The second-order valence-corrected chi connectivity index (χ2v) is 12.1. The number of benzene rings is 5. The number of fused-ring (bicyclic) bond motifs is 1. The average Bonchev–Trinajstić information content (AvgIpc) is 3.70. The normalized spacial score (nSPS) is 10.1. The largest absolute Gasteiger partial charge is 0.478 e. The molecule has 0 aliphatic carbocycles. The highest BCUT2D eigenvalue weighted by molar-refractivity contribution is 5.97. The Balaban J connectivity index is 0.000000228. The number of rotatable bonds is 10. The fraction of sp³-hybridized carbons (Fsp3) is 0.125. The molecule has 5 aromatic carbocycles. The molecule has 0 fully saturated rings. The first-order valence-electron chi connectivity index (χ1n) is 17.2. The number of halogens is 2. The van der Waals surface area contributed by atoms with Gasteiger partial charge in [0.15, 0.2) is 6.29 Å². The lowest BCUT2D eigenvalue weighted by Gasteiger charge is -2.13.